The Morgan fingerprint density at radius 1 is 1.04 bits per heavy atom. The minimum atomic E-state index is -1.07. The van der Waals surface area contributed by atoms with E-state index in [1.54, 1.807) is 6.07 Å². The number of carbonyl (C=O) groups is 2. The normalized spacial score (nSPS) is 14.0. The van der Waals surface area contributed by atoms with Gasteiger partial charge in [0.1, 0.15) is 16.5 Å². The molecule has 1 N–H and O–H groups in total. The zero-order chi connectivity index (χ0) is 16.7. The smallest absolute Gasteiger partial charge is 0.278 e. The summed E-state index contributed by atoms with van der Waals surface area (Å²) < 4.78 is 0. The second-order valence-corrected chi connectivity index (χ2v) is 5.07. The summed E-state index contributed by atoms with van der Waals surface area (Å²) in [5, 5.41) is 20.4. The molecule has 0 aliphatic heterocycles. The number of carbonyl (C=O) groups excluding carboxylic acids is 2. The Bertz CT molecular complexity index is 920. The number of Topliss-reactive ketones (excluding diaryl/α,β-unsaturated/α-hetero) is 2. The molecule has 0 unspecified atom stereocenters. The van der Waals surface area contributed by atoms with Gasteiger partial charge in [0, 0.05) is 11.6 Å². The van der Waals surface area contributed by atoms with E-state index in [4.69, 9.17) is 11.6 Å². The average Bonchev–Trinajstić information content (AvgIpc) is 2.57. The number of benzene rings is 1. The van der Waals surface area contributed by atoms with E-state index >= 15 is 0 Å². The molecule has 0 saturated heterocycles. The highest BCUT2D eigenvalue weighted by atomic mass is 35.5. The summed E-state index contributed by atoms with van der Waals surface area (Å²) >= 11 is 5.61. The van der Waals surface area contributed by atoms with Crippen molar-refractivity contribution in [3.63, 3.8) is 0 Å². The molecule has 1 aliphatic carbocycles. The third-order valence-corrected chi connectivity index (χ3v) is 3.71. The van der Waals surface area contributed by atoms with Crippen LogP contribution in [0.4, 0.5) is 5.69 Å². The van der Waals surface area contributed by atoms with Crippen LogP contribution >= 0.6 is 11.6 Å². The number of ketones is 2. The number of aromatic nitrogens is 1. The minimum absolute atomic E-state index is 0.0157. The first-order valence-corrected chi connectivity index (χ1v) is 6.72. The van der Waals surface area contributed by atoms with Gasteiger partial charge in [-0.25, -0.2) is 4.98 Å². The van der Waals surface area contributed by atoms with Gasteiger partial charge in [0.05, 0.1) is 16.2 Å². The van der Waals surface area contributed by atoms with Gasteiger partial charge in [-0.15, -0.1) is 0 Å². The lowest BCUT2D eigenvalue weighted by Crippen LogP contribution is -2.23. The molecule has 1 aromatic heterocycles. The van der Waals surface area contributed by atoms with Gasteiger partial charge in [-0.3, -0.25) is 19.7 Å². The number of hydrogen-bond donors (Lipinski definition) is 1. The number of nitrogens with zero attached hydrogens (tertiary/aromatic N) is 2. The first kappa shape index (κ1) is 14.9. The molecule has 0 fully saturated rings. The summed E-state index contributed by atoms with van der Waals surface area (Å²) in [4.78, 5) is 38.2. The van der Waals surface area contributed by atoms with Crippen LogP contribution < -0.4 is 0 Å². The number of rotatable bonds is 2. The van der Waals surface area contributed by atoms with Crippen LogP contribution in [0.15, 0.2) is 41.4 Å². The summed E-state index contributed by atoms with van der Waals surface area (Å²) in [6.45, 7) is 0. The molecule has 2 aromatic rings. The number of fused-ring (bicyclic) bond motifs is 1. The molecule has 0 saturated carbocycles. The standard InChI is InChI=1S/C15H7ClN2O5/c16-11-13(19)8-5-6-9(17-12(8)15(21)14(11)20)7-3-1-2-4-10(7)18(22)23/h1-6,19H. The lowest BCUT2D eigenvalue weighted by atomic mass is 9.97. The van der Waals surface area contributed by atoms with Crippen molar-refractivity contribution in [2.45, 2.75) is 0 Å². The van der Waals surface area contributed by atoms with Crippen molar-refractivity contribution in [3.05, 3.63) is 62.8 Å². The first-order valence-electron chi connectivity index (χ1n) is 6.34. The zero-order valence-electron chi connectivity index (χ0n) is 11.3. The number of halogens is 1. The van der Waals surface area contributed by atoms with Crippen molar-refractivity contribution < 1.29 is 19.6 Å². The molecular weight excluding hydrogens is 324 g/mol. The number of nitro benzene ring substituents is 1. The van der Waals surface area contributed by atoms with Crippen molar-refractivity contribution in [3.8, 4) is 11.3 Å². The molecule has 0 amide bonds. The van der Waals surface area contributed by atoms with Gasteiger partial charge in [0.2, 0.25) is 5.78 Å². The SMILES string of the molecule is O=C1C(=O)c2nc(-c3ccccc3[N+](=O)[O-])ccc2C(O)=C1Cl. The summed E-state index contributed by atoms with van der Waals surface area (Å²) in [6.07, 6.45) is 0. The second-order valence-electron chi connectivity index (χ2n) is 4.69. The molecule has 114 valence electrons. The molecular formula is C15H7ClN2O5. The van der Waals surface area contributed by atoms with Gasteiger partial charge in [-0.2, -0.15) is 0 Å². The highest BCUT2D eigenvalue weighted by Crippen LogP contribution is 2.33. The van der Waals surface area contributed by atoms with Gasteiger partial charge >= 0.3 is 0 Å². The lowest BCUT2D eigenvalue weighted by Gasteiger charge is -2.14. The maximum Gasteiger partial charge on any atom is 0.278 e. The Kier molecular flexibility index (Phi) is 3.42. The number of allylic oxidation sites excluding steroid dienone is 1. The predicted octanol–water partition coefficient (Wildman–Crippen LogP) is 2.89. The summed E-state index contributed by atoms with van der Waals surface area (Å²) in [5.74, 6) is -2.57. The van der Waals surface area contributed by atoms with Crippen LogP contribution in [0.2, 0.25) is 0 Å². The number of pyridine rings is 1. The number of aliphatic hydroxyl groups is 1. The lowest BCUT2D eigenvalue weighted by molar-refractivity contribution is -0.384. The summed E-state index contributed by atoms with van der Waals surface area (Å²) in [5.41, 5.74) is -0.120. The molecule has 0 atom stereocenters. The van der Waals surface area contributed by atoms with E-state index in [-0.39, 0.29) is 28.2 Å². The van der Waals surface area contributed by atoms with Crippen molar-refractivity contribution >= 4 is 34.6 Å². The third kappa shape index (κ3) is 2.27. The van der Waals surface area contributed by atoms with Gasteiger partial charge in [0.15, 0.2) is 0 Å². The molecule has 3 rings (SSSR count). The van der Waals surface area contributed by atoms with Crippen molar-refractivity contribution in [1.82, 2.24) is 4.98 Å². The molecule has 0 radical (unpaired) electrons. The Morgan fingerprint density at radius 3 is 2.43 bits per heavy atom. The highest BCUT2D eigenvalue weighted by molar-refractivity contribution is 6.63. The summed E-state index contributed by atoms with van der Waals surface area (Å²) in [6, 6.07) is 8.62. The van der Waals surface area contributed by atoms with Gasteiger partial charge in [-0.05, 0) is 18.2 Å². The third-order valence-electron chi connectivity index (χ3n) is 3.36. The molecule has 23 heavy (non-hydrogen) atoms. The minimum Gasteiger partial charge on any atom is -0.506 e. The molecule has 1 aromatic carbocycles. The number of hydrogen-bond acceptors (Lipinski definition) is 6. The van der Waals surface area contributed by atoms with E-state index in [9.17, 15) is 24.8 Å². The topological polar surface area (TPSA) is 110 Å². The largest absolute Gasteiger partial charge is 0.506 e. The molecule has 1 aliphatic rings. The van der Waals surface area contributed by atoms with Gasteiger partial charge < -0.3 is 5.11 Å². The van der Waals surface area contributed by atoms with E-state index in [0.717, 1.165) is 0 Å². The summed E-state index contributed by atoms with van der Waals surface area (Å²) in [7, 11) is 0. The van der Waals surface area contributed by atoms with E-state index < -0.39 is 27.3 Å². The maximum atomic E-state index is 12.0. The van der Waals surface area contributed by atoms with Gasteiger partial charge in [0.25, 0.3) is 11.5 Å². The van der Waals surface area contributed by atoms with E-state index in [0.29, 0.717) is 0 Å². The van der Waals surface area contributed by atoms with Crippen molar-refractivity contribution in [1.29, 1.82) is 0 Å². The molecule has 7 nitrogen and oxygen atoms in total. The molecule has 8 heteroatoms. The molecule has 0 spiro atoms. The number of aliphatic hydroxyl groups excluding tert-OH is 1. The second kappa shape index (κ2) is 5.29. The number of para-hydroxylation sites is 1. The van der Waals surface area contributed by atoms with Crippen LogP contribution in [0, 0.1) is 10.1 Å². The van der Waals surface area contributed by atoms with Crippen LogP contribution in [-0.4, -0.2) is 26.6 Å². The van der Waals surface area contributed by atoms with Crippen LogP contribution in [0.3, 0.4) is 0 Å². The molecule has 0 bridgehead atoms. The van der Waals surface area contributed by atoms with Crippen molar-refractivity contribution in [2.24, 2.45) is 0 Å². The van der Waals surface area contributed by atoms with Crippen molar-refractivity contribution in [2.75, 3.05) is 0 Å². The Balaban J connectivity index is 2.23. The van der Waals surface area contributed by atoms with Crippen LogP contribution in [-0.2, 0) is 4.79 Å². The fourth-order valence-corrected chi connectivity index (χ4v) is 2.44. The Morgan fingerprint density at radius 2 is 1.74 bits per heavy atom. The maximum absolute atomic E-state index is 12.0. The zero-order valence-corrected chi connectivity index (χ0v) is 12.1. The highest BCUT2D eigenvalue weighted by Gasteiger charge is 2.34. The monoisotopic (exact) mass is 330 g/mol. The van der Waals surface area contributed by atoms with E-state index in [2.05, 4.69) is 4.98 Å². The Labute approximate surface area is 134 Å². The average molecular weight is 331 g/mol. The van der Waals surface area contributed by atoms with Crippen LogP contribution in [0.25, 0.3) is 17.0 Å². The first-order chi connectivity index (χ1) is 10.9. The van der Waals surface area contributed by atoms with Crippen LogP contribution in [0.1, 0.15) is 16.1 Å². The van der Waals surface area contributed by atoms with Gasteiger partial charge in [-0.1, -0.05) is 23.7 Å². The number of nitro groups is 1. The Hall–Kier alpha value is -3.06. The van der Waals surface area contributed by atoms with Crippen LogP contribution in [0.5, 0.6) is 0 Å². The fraction of sp³-hybridized carbons (Fsp3) is 0. The fourth-order valence-electron chi connectivity index (χ4n) is 2.26. The molecule has 1 heterocycles. The van der Waals surface area contributed by atoms with E-state index in [1.165, 1.54) is 30.3 Å². The predicted molar refractivity (Wildman–Crippen MR) is 81.1 cm³/mol. The van der Waals surface area contributed by atoms with E-state index in [1.807, 2.05) is 0 Å². The quantitative estimate of drug-likeness (QED) is 0.515.